The molecule has 2 N–H and O–H groups in total. The zero-order valence-corrected chi connectivity index (χ0v) is 11.5. The number of sulfone groups is 1. The summed E-state index contributed by atoms with van der Waals surface area (Å²) in [4.78, 5) is 2.15. The predicted octanol–water partition coefficient (Wildman–Crippen LogP) is 0.802. The van der Waals surface area contributed by atoms with Crippen molar-refractivity contribution in [2.24, 2.45) is 5.73 Å². The maximum Gasteiger partial charge on any atom is 0.149 e. The van der Waals surface area contributed by atoms with Crippen LogP contribution in [0.1, 0.15) is 5.56 Å². The molecule has 0 fully saturated rings. The van der Waals surface area contributed by atoms with E-state index in [0.29, 0.717) is 11.5 Å². The van der Waals surface area contributed by atoms with Crippen LogP contribution in [-0.2, 0) is 9.84 Å². The van der Waals surface area contributed by atoms with E-state index in [1.165, 1.54) is 6.26 Å². The Kier molecular flexibility index (Phi) is 4.47. The topological polar surface area (TPSA) is 63.4 Å². The Hall–Kier alpha value is -1.14. The number of anilines is 1. The minimum atomic E-state index is -2.97. The highest BCUT2D eigenvalue weighted by Gasteiger charge is 2.10. The van der Waals surface area contributed by atoms with E-state index in [9.17, 15) is 8.42 Å². The van der Waals surface area contributed by atoms with E-state index in [4.69, 9.17) is 18.0 Å². The van der Waals surface area contributed by atoms with Gasteiger partial charge in [0.1, 0.15) is 14.8 Å². The molecule has 0 aliphatic carbocycles. The number of rotatable bonds is 5. The van der Waals surface area contributed by atoms with Crippen LogP contribution in [0.2, 0.25) is 0 Å². The smallest absolute Gasteiger partial charge is 0.149 e. The third-order valence-electron chi connectivity index (χ3n) is 2.38. The lowest BCUT2D eigenvalue weighted by molar-refractivity contribution is 0.601. The van der Waals surface area contributed by atoms with Crippen LogP contribution in [0.25, 0.3) is 0 Å². The second-order valence-electron chi connectivity index (χ2n) is 3.93. The second kappa shape index (κ2) is 5.46. The van der Waals surface area contributed by atoms with Crippen molar-refractivity contribution in [3.05, 3.63) is 29.8 Å². The molecule has 0 bridgehead atoms. The largest absolute Gasteiger partial charge is 0.389 e. The molecule has 0 aliphatic heterocycles. The van der Waals surface area contributed by atoms with Crippen LogP contribution in [0.15, 0.2) is 24.3 Å². The summed E-state index contributed by atoms with van der Waals surface area (Å²) in [5, 5.41) is 0. The fourth-order valence-corrected chi connectivity index (χ4v) is 2.22. The molecule has 0 spiro atoms. The Morgan fingerprint density at radius 3 is 2.53 bits per heavy atom. The first kappa shape index (κ1) is 13.9. The van der Waals surface area contributed by atoms with Gasteiger partial charge in [0.15, 0.2) is 0 Å². The second-order valence-corrected chi connectivity index (χ2v) is 6.63. The monoisotopic (exact) mass is 272 g/mol. The highest BCUT2D eigenvalue weighted by atomic mass is 32.2. The molecule has 0 saturated heterocycles. The normalized spacial score (nSPS) is 11.2. The van der Waals surface area contributed by atoms with Crippen molar-refractivity contribution < 1.29 is 8.42 Å². The standard InChI is InChI=1S/C11H16N2O2S2/c1-13(7-8-17(2,14)15)10-6-4-3-5-9(10)11(12)16/h3-6H,7-8H2,1-2H3,(H2,12,16). The minimum Gasteiger partial charge on any atom is -0.389 e. The number of nitrogens with two attached hydrogens (primary N) is 1. The van der Waals surface area contributed by atoms with Crippen molar-refractivity contribution in [3.8, 4) is 0 Å². The minimum absolute atomic E-state index is 0.106. The Labute approximate surface area is 107 Å². The zero-order valence-electron chi connectivity index (χ0n) is 9.88. The average Bonchev–Trinajstić information content (AvgIpc) is 2.25. The number of hydrogen-bond donors (Lipinski definition) is 1. The molecule has 17 heavy (non-hydrogen) atoms. The van der Waals surface area contributed by atoms with E-state index in [1.807, 2.05) is 36.2 Å². The van der Waals surface area contributed by atoms with Crippen molar-refractivity contribution in [1.82, 2.24) is 0 Å². The van der Waals surface area contributed by atoms with Crippen LogP contribution in [-0.4, -0.2) is 39.0 Å². The lowest BCUT2D eigenvalue weighted by Gasteiger charge is -2.21. The Bertz CT molecular complexity index is 512. The van der Waals surface area contributed by atoms with Crippen LogP contribution in [0.4, 0.5) is 5.69 Å². The predicted molar refractivity (Wildman–Crippen MR) is 75.3 cm³/mol. The highest BCUT2D eigenvalue weighted by Crippen LogP contribution is 2.18. The van der Waals surface area contributed by atoms with Gasteiger partial charge in [-0.25, -0.2) is 8.42 Å². The highest BCUT2D eigenvalue weighted by molar-refractivity contribution is 7.90. The molecule has 1 aromatic rings. The van der Waals surface area contributed by atoms with Crippen LogP contribution in [0.3, 0.4) is 0 Å². The van der Waals surface area contributed by atoms with E-state index in [0.717, 1.165) is 11.3 Å². The van der Waals surface area contributed by atoms with E-state index >= 15 is 0 Å². The molecule has 4 nitrogen and oxygen atoms in total. The third-order valence-corrected chi connectivity index (χ3v) is 3.52. The van der Waals surface area contributed by atoms with Crippen LogP contribution < -0.4 is 10.6 Å². The molecule has 0 aliphatic rings. The molecule has 0 saturated carbocycles. The van der Waals surface area contributed by atoms with Crippen LogP contribution in [0, 0.1) is 0 Å². The molecular weight excluding hydrogens is 256 g/mol. The molecule has 0 radical (unpaired) electrons. The van der Waals surface area contributed by atoms with Gasteiger partial charge in [-0.05, 0) is 12.1 Å². The summed E-state index contributed by atoms with van der Waals surface area (Å²) in [6.45, 7) is 0.415. The van der Waals surface area contributed by atoms with E-state index in [-0.39, 0.29) is 5.75 Å². The van der Waals surface area contributed by atoms with Crippen molar-refractivity contribution in [1.29, 1.82) is 0 Å². The van der Waals surface area contributed by atoms with Crippen molar-refractivity contribution in [2.75, 3.05) is 30.5 Å². The van der Waals surface area contributed by atoms with Crippen LogP contribution >= 0.6 is 12.2 Å². The van der Waals surface area contributed by atoms with Gasteiger partial charge in [-0.1, -0.05) is 24.4 Å². The summed E-state index contributed by atoms with van der Waals surface area (Å²) in [5.74, 6) is 0.106. The molecular formula is C11H16N2O2S2. The molecule has 0 aromatic heterocycles. The molecule has 94 valence electrons. The molecule has 0 amide bonds. The zero-order chi connectivity index (χ0) is 13.1. The summed E-state index contributed by atoms with van der Waals surface area (Å²) >= 11 is 4.96. The first-order valence-corrected chi connectivity index (χ1v) is 7.56. The summed E-state index contributed by atoms with van der Waals surface area (Å²) in [5.41, 5.74) is 7.23. The maximum absolute atomic E-state index is 11.1. The van der Waals surface area contributed by atoms with Gasteiger partial charge >= 0.3 is 0 Å². The van der Waals surface area contributed by atoms with Gasteiger partial charge in [0.05, 0.1) is 5.75 Å². The average molecular weight is 272 g/mol. The summed E-state index contributed by atoms with van der Waals surface area (Å²) in [6.07, 6.45) is 1.22. The van der Waals surface area contributed by atoms with Gasteiger partial charge in [0.2, 0.25) is 0 Å². The SMILES string of the molecule is CN(CCS(C)(=O)=O)c1ccccc1C(N)=S. The Morgan fingerprint density at radius 2 is 2.00 bits per heavy atom. The number of thiocarbonyl (C=S) groups is 1. The third kappa shape index (κ3) is 4.32. The lowest BCUT2D eigenvalue weighted by atomic mass is 10.1. The molecule has 6 heteroatoms. The molecule has 0 atom stereocenters. The van der Waals surface area contributed by atoms with Crippen molar-refractivity contribution >= 4 is 32.7 Å². The van der Waals surface area contributed by atoms with Crippen molar-refractivity contribution in [3.63, 3.8) is 0 Å². The van der Waals surface area contributed by atoms with Gasteiger partial charge in [-0.3, -0.25) is 0 Å². The van der Waals surface area contributed by atoms with Gasteiger partial charge < -0.3 is 10.6 Å². The van der Waals surface area contributed by atoms with E-state index in [1.54, 1.807) is 0 Å². The summed E-state index contributed by atoms with van der Waals surface area (Å²) in [7, 11) is -1.14. The fourth-order valence-electron chi connectivity index (χ4n) is 1.44. The number of benzene rings is 1. The lowest BCUT2D eigenvalue weighted by Crippen LogP contribution is -2.27. The molecule has 0 heterocycles. The fraction of sp³-hybridized carbons (Fsp3) is 0.364. The molecule has 1 rings (SSSR count). The Morgan fingerprint density at radius 1 is 1.41 bits per heavy atom. The molecule has 1 aromatic carbocycles. The first-order valence-electron chi connectivity index (χ1n) is 5.09. The summed E-state index contributed by atoms with van der Waals surface area (Å²) < 4.78 is 22.2. The maximum atomic E-state index is 11.1. The summed E-state index contributed by atoms with van der Waals surface area (Å²) in [6, 6.07) is 7.42. The van der Waals surface area contributed by atoms with Crippen LogP contribution in [0.5, 0.6) is 0 Å². The van der Waals surface area contributed by atoms with Gasteiger partial charge in [0, 0.05) is 31.1 Å². The quantitative estimate of drug-likeness (QED) is 0.803. The van der Waals surface area contributed by atoms with E-state index < -0.39 is 9.84 Å². The number of hydrogen-bond acceptors (Lipinski definition) is 4. The van der Waals surface area contributed by atoms with Gasteiger partial charge in [0.25, 0.3) is 0 Å². The number of nitrogens with zero attached hydrogens (tertiary/aromatic N) is 1. The van der Waals surface area contributed by atoms with E-state index in [2.05, 4.69) is 0 Å². The van der Waals surface area contributed by atoms with Gasteiger partial charge in [-0.15, -0.1) is 0 Å². The Balaban J connectivity index is 2.89. The molecule has 0 unspecified atom stereocenters. The van der Waals surface area contributed by atoms with Gasteiger partial charge in [-0.2, -0.15) is 0 Å². The first-order chi connectivity index (χ1) is 7.81. The van der Waals surface area contributed by atoms with Crippen molar-refractivity contribution in [2.45, 2.75) is 0 Å². The number of para-hydroxylation sites is 1.